The molecule has 1 saturated heterocycles. The number of anilines is 3. The largest absolute Gasteiger partial charge is 0.454 e. The molecular formula is C32H37N5O7. The van der Waals surface area contributed by atoms with Crippen LogP contribution in [-0.2, 0) is 9.47 Å². The number of pyridine rings is 1. The van der Waals surface area contributed by atoms with Gasteiger partial charge in [-0.05, 0) is 77.9 Å². The van der Waals surface area contributed by atoms with Gasteiger partial charge in [-0.1, -0.05) is 6.07 Å². The van der Waals surface area contributed by atoms with Gasteiger partial charge in [0, 0.05) is 37.9 Å². The second-order valence-electron chi connectivity index (χ2n) is 12.5. The summed E-state index contributed by atoms with van der Waals surface area (Å²) >= 11 is 0. The van der Waals surface area contributed by atoms with E-state index in [0.717, 1.165) is 5.69 Å². The molecular weight excluding hydrogens is 566 g/mol. The lowest BCUT2D eigenvalue weighted by Gasteiger charge is -2.36. The van der Waals surface area contributed by atoms with Gasteiger partial charge < -0.3 is 34.2 Å². The number of amides is 2. The number of nitrogens with two attached hydrogens (primary N) is 1. The number of ether oxygens (including phenoxy) is 3. The highest BCUT2D eigenvalue weighted by Crippen LogP contribution is 2.32. The monoisotopic (exact) mass is 603 g/mol. The van der Waals surface area contributed by atoms with Crippen LogP contribution >= 0.6 is 0 Å². The normalized spacial score (nSPS) is 14.0. The fraction of sp³-hybridized carbons (Fsp3) is 0.375. The molecule has 3 N–H and O–H groups in total. The molecule has 0 aliphatic carbocycles. The number of hydrogen-bond acceptors (Lipinski definition) is 10. The lowest BCUT2D eigenvalue weighted by atomic mass is 10.1. The van der Waals surface area contributed by atoms with Crippen LogP contribution in [0.2, 0.25) is 0 Å². The average molecular weight is 604 g/mol. The van der Waals surface area contributed by atoms with E-state index in [1.165, 1.54) is 6.07 Å². The summed E-state index contributed by atoms with van der Waals surface area (Å²) in [7, 11) is 0. The molecule has 44 heavy (non-hydrogen) atoms. The number of benzene rings is 2. The summed E-state index contributed by atoms with van der Waals surface area (Å²) in [5, 5.41) is 2.76. The summed E-state index contributed by atoms with van der Waals surface area (Å²) in [5.41, 5.74) is 6.16. The van der Waals surface area contributed by atoms with Gasteiger partial charge in [0.05, 0.1) is 11.1 Å². The van der Waals surface area contributed by atoms with Crippen molar-refractivity contribution < 1.29 is 28.2 Å². The maximum Gasteiger partial charge on any atom is 0.412 e. The molecule has 4 aromatic rings. The van der Waals surface area contributed by atoms with Crippen molar-refractivity contribution in [2.45, 2.75) is 52.7 Å². The zero-order chi connectivity index (χ0) is 31.8. The first-order valence-corrected chi connectivity index (χ1v) is 14.3. The third-order valence-corrected chi connectivity index (χ3v) is 6.67. The molecule has 2 amide bonds. The van der Waals surface area contributed by atoms with Gasteiger partial charge in [0.2, 0.25) is 5.43 Å². The van der Waals surface area contributed by atoms with Crippen molar-refractivity contribution >= 4 is 51.4 Å². The van der Waals surface area contributed by atoms with Crippen LogP contribution < -0.4 is 26.1 Å². The van der Waals surface area contributed by atoms with Gasteiger partial charge in [0.25, 0.3) is 0 Å². The second kappa shape index (κ2) is 11.6. The predicted molar refractivity (Wildman–Crippen MR) is 169 cm³/mol. The molecule has 0 radical (unpaired) electrons. The van der Waals surface area contributed by atoms with Crippen LogP contribution in [0.1, 0.15) is 41.5 Å². The number of nitrogens with zero attached hydrogens (tertiary/aromatic N) is 3. The highest BCUT2D eigenvalue weighted by atomic mass is 16.6. The molecule has 2 aromatic carbocycles. The van der Waals surface area contributed by atoms with E-state index in [4.69, 9.17) is 24.4 Å². The Morgan fingerprint density at radius 2 is 1.57 bits per heavy atom. The fourth-order valence-corrected chi connectivity index (χ4v) is 4.74. The van der Waals surface area contributed by atoms with Crippen LogP contribution in [0, 0.1) is 0 Å². The smallest absolute Gasteiger partial charge is 0.412 e. The van der Waals surface area contributed by atoms with Gasteiger partial charge in [0.1, 0.15) is 22.5 Å². The van der Waals surface area contributed by atoms with E-state index in [-0.39, 0.29) is 45.4 Å². The maximum absolute atomic E-state index is 13.5. The molecule has 1 aliphatic rings. The third kappa shape index (κ3) is 6.96. The van der Waals surface area contributed by atoms with E-state index < -0.39 is 22.7 Å². The lowest BCUT2D eigenvalue weighted by molar-refractivity contribution is 0.0240. The number of carbonyl (C=O) groups is 2. The van der Waals surface area contributed by atoms with E-state index >= 15 is 0 Å². The number of nitrogens with one attached hydrogen (secondary N) is 1. The fourth-order valence-electron chi connectivity index (χ4n) is 4.74. The van der Waals surface area contributed by atoms with Crippen LogP contribution in [0.3, 0.4) is 0 Å². The Labute approximate surface area is 254 Å². The molecule has 3 heterocycles. The zero-order valence-corrected chi connectivity index (χ0v) is 25.7. The quantitative estimate of drug-likeness (QED) is 0.261. The summed E-state index contributed by atoms with van der Waals surface area (Å²) in [6.45, 7) is 13.3. The molecule has 1 fully saturated rings. The summed E-state index contributed by atoms with van der Waals surface area (Å²) in [6.07, 6.45) is -1.00. The van der Waals surface area contributed by atoms with Crippen LogP contribution in [0.15, 0.2) is 57.7 Å². The van der Waals surface area contributed by atoms with Gasteiger partial charge in [-0.2, -0.15) is 0 Å². The summed E-state index contributed by atoms with van der Waals surface area (Å²) in [6, 6.07) is 13.9. The first kappa shape index (κ1) is 30.5. The number of hydrogen-bond donors (Lipinski definition) is 2. The van der Waals surface area contributed by atoms with Crippen LogP contribution in [0.5, 0.6) is 11.5 Å². The second-order valence-corrected chi connectivity index (χ2v) is 12.5. The number of fused-ring (bicyclic) bond motifs is 2. The molecule has 0 unspecified atom stereocenters. The van der Waals surface area contributed by atoms with Gasteiger partial charge >= 0.3 is 12.2 Å². The van der Waals surface area contributed by atoms with Gasteiger partial charge in [-0.3, -0.25) is 10.1 Å². The maximum atomic E-state index is 13.5. The molecule has 0 atom stereocenters. The Bertz CT molecular complexity index is 1760. The predicted octanol–water partition coefficient (Wildman–Crippen LogP) is 6.12. The Morgan fingerprint density at radius 3 is 2.20 bits per heavy atom. The molecule has 0 spiro atoms. The van der Waals surface area contributed by atoms with Gasteiger partial charge in [-0.25, -0.2) is 14.6 Å². The van der Waals surface area contributed by atoms with Crippen molar-refractivity contribution in [2.75, 3.05) is 42.1 Å². The number of piperazine rings is 1. The van der Waals surface area contributed by atoms with E-state index in [0.29, 0.717) is 31.9 Å². The average Bonchev–Trinajstić information content (AvgIpc) is 2.93. The molecule has 5 rings (SSSR count). The van der Waals surface area contributed by atoms with Gasteiger partial charge in [0.15, 0.2) is 22.7 Å². The minimum absolute atomic E-state index is 0.00154. The molecule has 2 aromatic heterocycles. The number of nitrogen functional groups attached to an aromatic ring is 1. The van der Waals surface area contributed by atoms with Crippen molar-refractivity contribution in [3.63, 3.8) is 0 Å². The van der Waals surface area contributed by atoms with E-state index in [1.807, 2.05) is 45.0 Å². The highest BCUT2D eigenvalue weighted by Gasteiger charge is 2.26. The third-order valence-electron chi connectivity index (χ3n) is 6.67. The lowest BCUT2D eigenvalue weighted by Crippen LogP contribution is -2.50. The Hall–Kier alpha value is -5.00. The van der Waals surface area contributed by atoms with E-state index in [1.54, 1.807) is 43.9 Å². The molecule has 232 valence electrons. The van der Waals surface area contributed by atoms with E-state index in [9.17, 15) is 14.4 Å². The van der Waals surface area contributed by atoms with Gasteiger partial charge in [-0.15, -0.1) is 0 Å². The Morgan fingerprint density at radius 1 is 0.909 bits per heavy atom. The zero-order valence-electron chi connectivity index (χ0n) is 25.7. The topological polar surface area (TPSA) is 149 Å². The van der Waals surface area contributed by atoms with Crippen LogP contribution in [-0.4, -0.2) is 59.5 Å². The van der Waals surface area contributed by atoms with Crippen molar-refractivity contribution in [3.8, 4) is 11.5 Å². The summed E-state index contributed by atoms with van der Waals surface area (Å²) in [4.78, 5) is 46.4. The molecule has 0 bridgehead atoms. The Balaban J connectivity index is 1.31. The molecule has 0 saturated carbocycles. The molecule has 12 heteroatoms. The summed E-state index contributed by atoms with van der Waals surface area (Å²) < 4.78 is 22.8. The highest BCUT2D eigenvalue weighted by molar-refractivity contribution is 6.01. The minimum Gasteiger partial charge on any atom is -0.454 e. The van der Waals surface area contributed by atoms with Crippen molar-refractivity contribution in [2.24, 2.45) is 0 Å². The first-order valence-electron chi connectivity index (χ1n) is 14.3. The standard InChI is InChI=1S/C32H37N5O7/c1-31(2,3)43-29(39)34-21-8-7-9-22-25(21)27(38)26-23(42-22)18-24(28(33)35-26)41-20-12-10-19(11-13-20)36-14-16-37(17-15-36)30(40)44-32(4,5)6/h7-13,18H,14-17H2,1-6H3,(H2,33,35)(H,34,39). The molecule has 1 aliphatic heterocycles. The Kier molecular flexibility index (Phi) is 8.02. The number of carbonyl (C=O) groups excluding carboxylic acids is 2. The van der Waals surface area contributed by atoms with Crippen molar-refractivity contribution in [1.82, 2.24) is 9.88 Å². The van der Waals surface area contributed by atoms with E-state index in [2.05, 4.69) is 15.2 Å². The first-order chi connectivity index (χ1) is 20.7. The van der Waals surface area contributed by atoms with Crippen LogP contribution in [0.4, 0.5) is 26.8 Å². The van der Waals surface area contributed by atoms with Crippen LogP contribution in [0.25, 0.3) is 22.1 Å². The van der Waals surface area contributed by atoms with Crippen molar-refractivity contribution in [1.29, 1.82) is 0 Å². The number of rotatable bonds is 4. The molecule has 12 nitrogen and oxygen atoms in total. The van der Waals surface area contributed by atoms with Crippen molar-refractivity contribution in [3.05, 3.63) is 58.8 Å². The summed E-state index contributed by atoms with van der Waals surface area (Å²) in [5.74, 6) is 0.742. The SMILES string of the molecule is CC(C)(C)OC(=O)Nc1cccc2oc3cc(Oc4ccc(N5CCN(C(=O)OC(C)(C)C)CC5)cc4)c(N)nc3c(=O)c12. The minimum atomic E-state index is -0.711. The number of aromatic nitrogens is 1.